The predicted molar refractivity (Wildman–Crippen MR) is 206 cm³/mol. The van der Waals surface area contributed by atoms with E-state index in [0.717, 1.165) is 61.7 Å². The number of nitrogens with zero attached hydrogens (tertiary/aromatic N) is 1. The first-order chi connectivity index (χ1) is 22.8. The van der Waals surface area contributed by atoms with Crippen LogP contribution in [0.25, 0.3) is 45.9 Å². The number of aromatic nitrogens is 1. The van der Waals surface area contributed by atoms with Crippen molar-refractivity contribution >= 4 is 35.2 Å². The Balaban J connectivity index is 1.67. The molecule has 0 spiro atoms. The predicted octanol–water partition coefficient (Wildman–Crippen LogP) is 11.2. The summed E-state index contributed by atoms with van der Waals surface area (Å²) in [5.41, 5.74) is 15.3. The van der Waals surface area contributed by atoms with Crippen LogP contribution in [0.4, 0.5) is 0 Å². The van der Waals surface area contributed by atoms with Gasteiger partial charge in [-0.05, 0) is 115 Å². The maximum absolute atomic E-state index is 7.33. The number of hydrogen-bond acceptors (Lipinski definition) is 2. The van der Waals surface area contributed by atoms with E-state index in [4.69, 9.17) is 5.41 Å². The maximum atomic E-state index is 7.33. The zero-order valence-electron chi connectivity index (χ0n) is 27.8. The summed E-state index contributed by atoms with van der Waals surface area (Å²) in [6, 6.07) is 25.7. The Morgan fingerprint density at radius 2 is 1.70 bits per heavy atom. The molecule has 47 heavy (non-hydrogen) atoms. The molecule has 1 atom stereocenters. The fourth-order valence-corrected chi connectivity index (χ4v) is 6.00. The molecule has 1 aromatic heterocycles. The van der Waals surface area contributed by atoms with Gasteiger partial charge in [-0.15, -0.1) is 0 Å². The molecule has 1 aliphatic rings. The monoisotopic (exact) mass is 613 g/mol. The van der Waals surface area contributed by atoms with E-state index < -0.39 is 0 Å². The summed E-state index contributed by atoms with van der Waals surface area (Å²) in [5.74, 6) is 0. The highest BCUT2D eigenvalue weighted by atomic mass is 15.0. The number of para-hydroxylation sites is 1. The molecule has 3 nitrogen and oxygen atoms in total. The first-order valence-electron chi connectivity index (χ1n) is 15.9. The largest absolute Gasteiger partial charge is 0.375 e. The van der Waals surface area contributed by atoms with E-state index >= 15 is 0 Å². The van der Waals surface area contributed by atoms with Gasteiger partial charge in [0.05, 0.1) is 17.4 Å². The molecule has 4 aromatic rings. The van der Waals surface area contributed by atoms with Crippen LogP contribution in [-0.2, 0) is 0 Å². The smallest absolute Gasteiger partial charge is 0.0658 e. The molecule has 2 N–H and O–H groups in total. The van der Waals surface area contributed by atoms with Crippen LogP contribution in [0.1, 0.15) is 52.9 Å². The number of hydrogen-bond donors (Lipinski definition) is 2. The molecule has 0 fully saturated rings. The van der Waals surface area contributed by atoms with Crippen molar-refractivity contribution in [3.63, 3.8) is 0 Å². The Hall–Kier alpha value is -5.67. The summed E-state index contributed by atoms with van der Waals surface area (Å²) in [6.07, 6.45) is 19.5. The minimum absolute atomic E-state index is 0.178. The highest BCUT2D eigenvalue weighted by molar-refractivity contribution is 5.91. The van der Waals surface area contributed by atoms with Gasteiger partial charge < -0.3 is 15.3 Å². The molecule has 1 aliphatic heterocycles. The number of benzene rings is 3. The van der Waals surface area contributed by atoms with Crippen LogP contribution in [0.3, 0.4) is 0 Å². The van der Waals surface area contributed by atoms with E-state index in [1.54, 1.807) is 6.08 Å². The summed E-state index contributed by atoms with van der Waals surface area (Å²) in [4.78, 5) is 0. The molecule has 0 saturated carbocycles. The zero-order chi connectivity index (χ0) is 33.5. The molecule has 3 heteroatoms. The quantitative estimate of drug-likeness (QED) is 0.0986. The van der Waals surface area contributed by atoms with Gasteiger partial charge in [0.25, 0.3) is 0 Å². The van der Waals surface area contributed by atoms with Crippen molar-refractivity contribution in [2.75, 3.05) is 0 Å². The van der Waals surface area contributed by atoms with Crippen LogP contribution in [-0.4, -0.2) is 16.8 Å². The molecule has 5 rings (SSSR count). The van der Waals surface area contributed by atoms with Gasteiger partial charge >= 0.3 is 0 Å². The number of nitrogens with one attached hydrogen (secondary N) is 2. The summed E-state index contributed by atoms with van der Waals surface area (Å²) in [6.45, 7) is 21.3. The molecule has 2 heterocycles. The Morgan fingerprint density at radius 3 is 2.40 bits per heavy atom. The molecular weight excluding hydrogens is 571 g/mol. The van der Waals surface area contributed by atoms with Crippen LogP contribution >= 0.6 is 0 Å². The normalized spacial score (nSPS) is 14.9. The lowest BCUT2D eigenvalue weighted by Gasteiger charge is -2.23. The molecule has 0 saturated heterocycles. The first kappa shape index (κ1) is 32.7. The van der Waals surface area contributed by atoms with Crippen molar-refractivity contribution in [3.8, 4) is 16.9 Å². The lowest BCUT2D eigenvalue weighted by atomic mass is 9.95. The Morgan fingerprint density at radius 1 is 0.936 bits per heavy atom. The minimum Gasteiger partial charge on any atom is -0.375 e. The second-order valence-corrected chi connectivity index (χ2v) is 11.7. The van der Waals surface area contributed by atoms with Crippen LogP contribution in [0.15, 0.2) is 141 Å². The Kier molecular flexibility index (Phi) is 10.2. The number of rotatable bonds is 11. The highest BCUT2D eigenvalue weighted by Gasteiger charge is 2.22. The molecular formula is C44H43N3. The lowest BCUT2D eigenvalue weighted by molar-refractivity contribution is 0.800. The van der Waals surface area contributed by atoms with E-state index in [1.165, 1.54) is 22.9 Å². The van der Waals surface area contributed by atoms with Crippen molar-refractivity contribution in [3.05, 3.63) is 180 Å². The summed E-state index contributed by atoms with van der Waals surface area (Å²) >= 11 is 0. The third-order valence-corrected chi connectivity index (χ3v) is 8.91. The molecule has 0 aliphatic carbocycles. The minimum atomic E-state index is 0.178. The Bertz CT molecular complexity index is 2000. The van der Waals surface area contributed by atoms with Crippen molar-refractivity contribution < 1.29 is 0 Å². The van der Waals surface area contributed by atoms with E-state index in [2.05, 4.69) is 142 Å². The van der Waals surface area contributed by atoms with Gasteiger partial charge in [0.1, 0.15) is 0 Å². The van der Waals surface area contributed by atoms with E-state index in [0.29, 0.717) is 0 Å². The summed E-state index contributed by atoms with van der Waals surface area (Å²) < 4.78 is 2.36. The van der Waals surface area contributed by atoms with Gasteiger partial charge in [-0.25, -0.2) is 0 Å². The van der Waals surface area contributed by atoms with Gasteiger partial charge in [0.2, 0.25) is 0 Å². The molecule has 3 aromatic carbocycles. The lowest BCUT2D eigenvalue weighted by Crippen LogP contribution is -2.28. The molecule has 0 bridgehead atoms. The van der Waals surface area contributed by atoms with Crippen LogP contribution < -0.4 is 5.32 Å². The van der Waals surface area contributed by atoms with Gasteiger partial charge in [-0.1, -0.05) is 110 Å². The zero-order valence-corrected chi connectivity index (χ0v) is 27.8. The van der Waals surface area contributed by atoms with Crippen molar-refractivity contribution in [2.45, 2.75) is 33.7 Å². The number of allylic oxidation sites excluding steroid dienone is 8. The fourth-order valence-electron chi connectivity index (χ4n) is 6.00. The van der Waals surface area contributed by atoms with Gasteiger partial charge in [0.15, 0.2) is 0 Å². The van der Waals surface area contributed by atoms with Crippen LogP contribution in [0, 0.1) is 19.3 Å². The van der Waals surface area contributed by atoms with Crippen LogP contribution in [0.5, 0.6) is 0 Å². The van der Waals surface area contributed by atoms with E-state index in [9.17, 15) is 0 Å². The molecule has 1 unspecified atom stereocenters. The highest BCUT2D eigenvalue weighted by Crippen LogP contribution is 2.39. The van der Waals surface area contributed by atoms with Gasteiger partial charge in [-0.2, -0.15) is 0 Å². The SMILES string of the molecule is C=C/C(=C\c1c(C)c(C)c(-c2ccc(C3=CC=CC(/C(C)=C/C)N3)cc2C=C)n1-c1ccccc1)c1cccc(C(=C)/C=C\C=N)c1. The Labute approximate surface area is 280 Å². The standard InChI is InChI=1S/C44H43N3/c1-8-30(4)41-22-15-23-42(46-41)38-24-25-40(35(10-3)27-38)44-33(7)32(6)43(47(44)39-20-12-11-13-21-39)29-34(9-2)37-19-14-18-36(28-37)31(5)17-16-26-45/h8-29,41,45-46H,2-3,5H2,1,4,6-7H3/b17-16-,30-8+,34-29+,45-26?. The first-order valence-corrected chi connectivity index (χ1v) is 15.9. The van der Waals surface area contributed by atoms with Crippen molar-refractivity contribution in [2.24, 2.45) is 0 Å². The molecule has 0 amide bonds. The maximum Gasteiger partial charge on any atom is 0.0658 e. The fraction of sp³-hybridized carbons (Fsp3) is 0.114. The summed E-state index contributed by atoms with van der Waals surface area (Å²) in [5, 5.41) is 11.0. The second-order valence-electron chi connectivity index (χ2n) is 11.7. The third kappa shape index (κ3) is 6.80. The van der Waals surface area contributed by atoms with E-state index in [1.807, 2.05) is 36.4 Å². The third-order valence-electron chi connectivity index (χ3n) is 8.91. The van der Waals surface area contributed by atoms with E-state index in [-0.39, 0.29) is 6.04 Å². The van der Waals surface area contributed by atoms with Crippen molar-refractivity contribution in [1.82, 2.24) is 9.88 Å². The molecule has 234 valence electrons. The summed E-state index contributed by atoms with van der Waals surface area (Å²) in [7, 11) is 0. The van der Waals surface area contributed by atoms with Gasteiger partial charge in [-0.3, -0.25) is 0 Å². The van der Waals surface area contributed by atoms with Crippen molar-refractivity contribution in [1.29, 1.82) is 5.41 Å². The number of dihydropyridines is 1. The van der Waals surface area contributed by atoms with Gasteiger partial charge in [0, 0.05) is 23.2 Å². The van der Waals surface area contributed by atoms with Crippen LogP contribution in [0.2, 0.25) is 0 Å². The average Bonchev–Trinajstić information content (AvgIpc) is 3.37. The average molecular weight is 614 g/mol. The second kappa shape index (κ2) is 14.6. The topological polar surface area (TPSA) is 40.8 Å². The molecule has 0 radical (unpaired) electrons.